The van der Waals surface area contributed by atoms with Gasteiger partial charge in [-0.25, -0.2) is 14.6 Å². The third kappa shape index (κ3) is 3.67. The Morgan fingerprint density at radius 1 is 1.15 bits per heavy atom. The number of aromatic nitrogens is 4. The van der Waals surface area contributed by atoms with Crippen LogP contribution in [-0.4, -0.2) is 32.2 Å². The number of benzene rings is 2. The molecule has 3 heterocycles. The van der Waals surface area contributed by atoms with E-state index >= 15 is 0 Å². The van der Waals surface area contributed by atoms with Gasteiger partial charge in [-0.1, -0.05) is 24.3 Å². The van der Waals surface area contributed by atoms with Crippen LogP contribution in [0.3, 0.4) is 0 Å². The van der Waals surface area contributed by atoms with Gasteiger partial charge in [-0.15, -0.1) is 0 Å². The molecule has 0 fully saturated rings. The summed E-state index contributed by atoms with van der Waals surface area (Å²) in [7, 11) is 1.78. The normalized spacial score (nSPS) is 13.5. The fraction of sp³-hybridized carbons (Fsp3) is 0.217. The van der Waals surface area contributed by atoms with E-state index in [1.807, 2.05) is 18.2 Å². The molecule has 0 aliphatic carbocycles. The third-order valence-corrected chi connectivity index (χ3v) is 5.81. The number of nitrogens with two attached hydrogens (primary N) is 1. The van der Waals surface area contributed by atoms with Crippen molar-refractivity contribution in [2.24, 2.45) is 7.05 Å². The van der Waals surface area contributed by atoms with Crippen LogP contribution in [0.25, 0.3) is 22.3 Å². The summed E-state index contributed by atoms with van der Waals surface area (Å²) in [5.41, 5.74) is 9.45. The van der Waals surface area contributed by atoms with Crippen molar-refractivity contribution in [2.45, 2.75) is 19.0 Å². The van der Waals surface area contributed by atoms with Gasteiger partial charge in [0.25, 0.3) is 0 Å². The Kier molecular flexibility index (Phi) is 4.80. The predicted molar refractivity (Wildman–Crippen MR) is 117 cm³/mol. The number of carbonyl (C=O) groups is 1. The number of rotatable bonds is 3. The summed E-state index contributed by atoms with van der Waals surface area (Å²) < 4.78 is 40.6. The average molecular weight is 452 g/mol. The minimum atomic E-state index is -4.44. The molecule has 168 valence electrons. The Balaban J connectivity index is 1.43. The number of aryl methyl sites for hydroxylation is 1. The lowest BCUT2D eigenvalue weighted by Gasteiger charge is -2.18. The van der Waals surface area contributed by atoms with E-state index in [-0.39, 0.29) is 12.3 Å². The molecule has 7 nitrogen and oxygen atoms in total. The number of hydrogen-bond donors (Lipinski definition) is 1. The summed E-state index contributed by atoms with van der Waals surface area (Å²) in [6.45, 7) is 0.463. The van der Waals surface area contributed by atoms with E-state index in [2.05, 4.69) is 15.1 Å². The number of fused-ring (bicyclic) bond motifs is 2. The first-order valence-corrected chi connectivity index (χ1v) is 10.3. The fourth-order valence-corrected chi connectivity index (χ4v) is 4.25. The van der Waals surface area contributed by atoms with Gasteiger partial charge in [0.15, 0.2) is 5.65 Å². The molecule has 5 rings (SSSR count). The minimum Gasteiger partial charge on any atom is -0.383 e. The van der Waals surface area contributed by atoms with Crippen LogP contribution in [-0.2, 0) is 30.9 Å². The second-order valence-corrected chi connectivity index (χ2v) is 7.94. The van der Waals surface area contributed by atoms with Crippen molar-refractivity contribution >= 4 is 28.4 Å². The Morgan fingerprint density at radius 3 is 2.76 bits per heavy atom. The summed E-state index contributed by atoms with van der Waals surface area (Å²) in [6, 6.07) is 10.5. The van der Waals surface area contributed by atoms with Crippen LogP contribution >= 0.6 is 0 Å². The summed E-state index contributed by atoms with van der Waals surface area (Å²) in [6.07, 6.45) is -2.53. The SMILES string of the molecule is Cn1nc(-c2ccc3c(c2)CCN3C(=O)Cc2cccc(C(F)(F)F)c2)c2c(N)ncnc21. The van der Waals surface area contributed by atoms with Crippen molar-refractivity contribution in [3.05, 3.63) is 65.5 Å². The van der Waals surface area contributed by atoms with Crippen molar-refractivity contribution in [1.82, 2.24) is 19.7 Å². The number of hydrogen-bond acceptors (Lipinski definition) is 5. The fourth-order valence-electron chi connectivity index (χ4n) is 4.25. The number of carbonyl (C=O) groups excluding carboxylic acids is 1. The smallest absolute Gasteiger partial charge is 0.383 e. The highest BCUT2D eigenvalue weighted by atomic mass is 19.4. The van der Waals surface area contributed by atoms with Crippen molar-refractivity contribution in [3.8, 4) is 11.3 Å². The zero-order chi connectivity index (χ0) is 23.3. The molecule has 4 aromatic rings. The molecule has 2 aromatic carbocycles. The van der Waals surface area contributed by atoms with Crippen LogP contribution < -0.4 is 10.6 Å². The lowest BCUT2D eigenvalue weighted by atomic mass is 10.0. The molecule has 1 amide bonds. The van der Waals surface area contributed by atoms with Crippen molar-refractivity contribution in [3.63, 3.8) is 0 Å². The number of nitrogens with zero attached hydrogens (tertiary/aromatic N) is 5. The maximum absolute atomic E-state index is 13.0. The second kappa shape index (κ2) is 7.58. The number of halogens is 3. The van der Waals surface area contributed by atoms with E-state index in [4.69, 9.17) is 5.73 Å². The molecule has 10 heteroatoms. The number of anilines is 2. The molecule has 0 bridgehead atoms. The summed E-state index contributed by atoms with van der Waals surface area (Å²) >= 11 is 0. The van der Waals surface area contributed by atoms with Gasteiger partial charge in [0.2, 0.25) is 5.91 Å². The molecule has 0 spiro atoms. The van der Waals surface area contributed by atoms with Crippen LogP contribution in [0.4, 0.5) is 24.7 Å². The molecule has 2 N–H and O–H groups in total. The van der Waals surface area contributed by atoms with Crippen LogP contribution in [0.2, 0.25) is 0 Å². The maximum Gasteiger partial charge on any atom is 0.416 e. The zero-order valence-corrected chi connectivity index (χ0v) is 17.6. The molecule has 0 saturated heterocycles. The Morgan fingerprint density at radius 2 is 1.97 bits per heavy atom. The number of alkyl halides is 3. The molecular weight excluding hydrogens is 433 g/mol. The van der Waals surface area contributed by atoms with Gasteiger partial charge in [-0.05, 0) is 35.7 Å². The summed E-state index contributed by atoms with van der Waals surface area (Å²) in [4.78, 5) is 22.8. The molecule has 0 unspecified atom stereocenters. The van der Waals surface area contributed by atoms with E-state index in [1.54, 1.807) is 16.6 Å². The Hall–Kier alpha value is -3.95. The maximum atomic E-state index is 13.0. The highest BCUT2D eigenvalue weighted by Crippen LogP contribution is 2.36. The molecule has 0 atom stereocenters. The topological polar surface area (TPSA) is 89.9 Å². The zero-order valence-electron chi connectivity index (χ0n) is 17.6. The van der Waals surface area contributed by atoms with Crippen molar-refractivity contribution in [2.75, 3.05) is 17.2 Å². The standard InChI is InChI=1S/C23H19F3N6O/c1-31-22-19(21(27)28-12-29-22)20(30-31)15-5-6-17-14(11-15)7-8-32(17)18(33)10-13-3-2-4-16(9-13)23(24,25)26/h2-6,9,11-12H,7-8,10H2,1H3,(H2,27,28,29). The number of amides is 1. The van der Waals surface area contributed by atoms with Gasteiger partial charge in [-0.3, -0.25) is 4.79 Å². The van der Waals surface area contributed by atoms with Gasteiger partial charge in [0.1, 0.15) is 17.8 Å². The second-order valence-electron chi connectivity index (χ2n) is 7.94. The monoisotopic (exact) mass is 452 g/mol. The summed E-state index contributed by atoms with van der Waals surface area (Å²) in [5.74, 6) is 0.0863. The minimum absolute atomic E-state index is 0.107. The van der Waals surface area contributed by atoms with Crippen molar-refractivity contribution < 1.29 is 18.0 Å². The molecule has 1 aliphatic rings. The summed E-state index contributed by atoms with van der Waals surface area (Å²) in [5, 5.41) is 5.21. The van der Waals surface area contributed by atoms with Gasteiger partial charge in [0.05, 0.1) is 17.4 Å². The highest BCUT2D eigenvalue weighted by molar-refractivity contribution is 6.00. The van der Waals surface area contributed by atoms with E-state index in [1.165, 1.54) is 18.5 Å². The first kappa shape index (κ1) is 20.9. The van der Waals surface area contributed by atoms with E-state index in [9.17, 15) is 18.0 Å². The lowest BCUT2D eigenvalue weighted by Crippen LogP contribution is -2.30. The molecule has 0 saturated carbocycles. The first-order chi connectivity index (χ1) is 15.7. The quantitative estimate of drug-likeness (QED) is 0.511. The first-order valence-electron chi connectivity index (χ1n) is 10.3. The van der Waals surface area contributed by atoms with E-state index in [0.29, 0.717) is 41.1 Å². The van der Waals surface area contributed by atoms with Crippen LogP contribution in [0.5, 0.6) is 0 Å². The Bertz CT molecular complexity index is 1390. The van der Waals surface area contributed by atoms with Gasteiger partial charge in [0, 0.05) is 24.8 Å². The van der Waals surface area contributed by atoms with Crippen molar-refractivity contribution in [1.29, 1.82) is 0 Å². The van der Waals surface area contributed by atoms with Crippen LogP contribution in [0, 0.1) is 0 Å². The van der Waals surface area contributed by atoms with Gasteiger partial charge in [-0.2, -0.15) is 18.3 Å². The predicted octanol–water partition coefficient (Wildman–Crippen LogP) is 3.76. The molecule has 0 radical (unpaired) electrons. The van der Waals surface area contributed by atoms with E-state index in [0.717, 1.165) is 28.9 Å². The lowest BCUT2D eigenvalue weighted by molar-refractivity contribution is -0.137. The average Bonchev–Trinajstić information content (AvgIpc) is 3.35. The van der Waals surface area contributed by atoms with Gasteiger partial charge < -0.3 is 10.6 Å². The molecule has 2 aromatic heterocycles. The van der Waals surface area contributed by atoms with E-state index < -0.39 is 11.7 Å². The third-order valence-electron chi connectivity index (χ3n) is 5.81. The van der Waals surface area contributed by atoms with Gasteiger partial charge >= 0.3 is 6.18 Å². The molecular formula is C23H19F3N6O. The van der Waals surface area contributed by atoms with Crippen LogP contribution in [0.1, 0.15) is 16.7 Å². The largest absolute Gasteiger partial charge is 0.416 e. The number of nitrogen functional groups attached to an aromatic ring is 1. The molecule has 33 heavy (non-hydrogen) atoms. The van der Waals surface area contributed by atoms with Crippen LogP contribution in [0.15, 0.2) is 48.8 Å². The highest BCUT2D eigenvalue weighted by Gasteiger charge is 2.31. The molecule has 1 aliphatic heterocycles. The Labute approximate surface area is 186 Å².